The number of carbonyl (C=O) groups is 2. The average Bonchev–Trinajstić information content (AvgIpc) is 2.72. The SMILES string of the molecule is CC1CCc2cc(N3CCN(C(=O)OC(C)(C)C)CC3)c(O)cc2NC1=O. The van der Waals surface area contributed by atoms with Gasteiger partial charge in [0, 0.05) is 43.9 Å². The van der Waals surface area contributed by atoms with E-state index in [2.05, 4.69) is 10.2 Å². The summed E-state index contributed by atoms with van der Waals surface area (Å²) in [5, 5.41) is 13.4. The molecule has 0 bridgehead atoms. The monoisotopic (exact) mass is 375 g/mol. The lowest BCUT2D eigenvalue weighted by molar-refractivity contribution is -0.119. The number of phenols is 1. The van der Waals surface area contributed by atoms with E-state index >= 15 is 0 Å². The van der Waals surface area contributed by atoms with Gasteiger partial charge in [0.05, 0.1) is 5.69 Å². The van der Waals surface area contributed by atoms with Gasteiger partial charge in [-0.3, -0.25) is 4.79 Å². The first-order valence-electron chi connectivity index (χ1n) is 9.53. The molecule has 2 amide bonds. The predicted octanol–water partition coefficient (Wildman–Crippen LogP) is 2.97. The minimum atomic E-state index is -0.509. The molecule has 2 aliphatic rings. The molecular weight excluding hydrogens is 346 g/mol. The Bertz CT molecular complexity index is 733. The van der Waals surface area contributed by atoms with Crippen LogP contribution >= 0.6 is 0 Å². The van der Waals surface area contributed by atoms with E-state index in [9.17, 15) is 14.7 Å². The molecule has 1 atom stereocenters. The van der Waals surface area contributed by atoms with Gasteiger partial charge in [-0.15, -0.1) is 0 Å². The molecule has 148 valence electrons. The zero-order chi connectivity index (χ0) is 19.8. The number of ether oxygens (including phenoxy) is 1. The first kappa shape index (κ1) is 19.3. The summed E-state index contributed by atoms with van der Waals surface area (Å²) in [6.45, 7) is 9.80. The molecule has 1 unspecified atom stereocenters. The molecule has 1 aromatic rings. The number of anilines is 2. The quantitative estimate of drug-likeness (QED) is 0.789. The second-order valence-corrected chi connectivity index (χ2v) is 8.38. The second kappa shape index (κ2) is 7.29. The number of piperazine rings is 1. The summed E-state index contributed by atoms with van der Waals surface area (Å²) in [5.74, 6) is 0.0987. The topological polar surface area (TPSA) is 82.1 Å². The first-order chi connectivity index (χ1) is 12.6. The third-order valence-corrected chi connectivity index (χ3v) is 5.02. The van der Waals surface area contributed by atoms with Crippen molar-refractivity contribution in [2.45, 2.75) is 46.1 Å². The normalized spacial score (nSPS) is 20.6. The molecule has 7 heteroatoms. The van der Waals surface area contributed by atoms with Crippen molar-refractivity contribution in [3.8, 4) is 5.75 Å². The van der Waals surface area contributed by atoms with Crippen LogP contribution in [0.4, 0.5) is 16.2 Å². The molecule has 0 spiro atoms. The molecule has 0 saturated carbocycles. The second-order valence-electron chi connectivity index (χ2n) is 8.38. The molecule has 1 aromatic carbocycles. The maximum Gasteiger partial charge on any atom is 0.410 e. The van der Waals surface area contributed by atoms with E-state index in [4.69, 9.17) is 4.74 Å². The minimum Gasteiger partial charge on any atom is -0.506 e. The van der Waals surface area contributed by atoms with Crippen molar-refractivity contribution < 1.29 is 19.4 Å². The molecule has 7 nitrogen and oxygen atoms in total. The fourth-order valence-corrected chi connectivity index (χ4v) is 3.41. The van der Waals surface area contributed by atoms with E-state index in [1.807, 2.05) is 33.8 Å². The van der Waals surface area contributed by atoms with Crippen LogP contribution in [0.2, 0.25) is 0 Å². The zero-order valence-electron chi connectivity index (χ0n) is 16.5. The van der Waals surface area contributed by atoms with Crippen molar-refractivity contribution in [1.82, 2.24) is 4.90 Å². The van der Waals surface area contributed by atoms with E-state index in [0.29, 0.717) is 31.9 Å². The Labute approximate surface area is 160 Å². The number of benzene rings is 1. The molecule has 2 heterocycles. The number of amides is 2. The molecule has 1 fully saturated rings. The number of aromatic hydroxyl groups is 1. The van der Waals surface area contributed by atoms with Gasteiger partial charge in [0.15, 0.2) is 0 Å². The van der Waals surface area contributed by atoms with Gasteiger partial charge in [0.2, 0.25) is 5.91 Å². The van der Waals surface area contributed by atoms with Crippen molar-refractivity contribution in [1.29, 1.82) is 0 Å². The molecular formula is C20H29N3O4. The van der Waals surface area contributed by atoms with Gasteiger partial charge in [0.1, 0.15) is 11.4 Å². The number of hydrogen-bond acceptors (Lipinski definition) is 5. The number of phenolic OH excluding ortho intramolecular Hbond substituents is 1. The van der Waals surface area contributed by atoms with Crippen LogP contribution in [0.1, 0.15) is 39.7 Å². The molecule has 3 rings (SSSR count). The number of rotatable bonds is 1. The van der Waals surface area contributed by atoms with Crippen molar-refractivity contribution >= 4 is 23.4 Å². The Hall–Kier alpha value is -2.44. The summed E-state index contributed by atoms with van der Waals surface area (Å²) in [5.41, 5.74) is 1.97. The zero-order valence-corrected chi connectivity index (χ0v) is 16.5. The van der Waals surface area contributed by atoms with Crippen LogP contribution in [0.5, 0.6) is 5.75 Å². The van der Waals surface area contributed by atoms with E-state index in [-0.39, 0.29) is 23.7 Å². The number of carbonyl (C=O) groups excluding carboxylic acids is 2. The van der Waals surface area contributed by atoms with Gasteiger partial charge in [-0.1, -0.05) is 6.92 Å². The number of nitrogens with one attached hydrogen (secondary N) is 1. The minimum absolute atomic E-state index is 0.00752. The van der Waals surface area contributed by atoms with Crippen molar-refractivity contribution in [2.24, 2.45) is 5.92 Å². The van der Waals surface area contributed by atoms with Crippen LogP contribution in [-0.2, 0) is 16.0 Å². The van der Waals surface area contributed by atoms with Crippen molar-refractivity contribution in [2.75, 3.05) is 36.4 Å². The maximum absolute atomic E-state index is 12.2. The Kier molecular flexibility index (Phi) is 5.22. The number of fused-ring (bicyclic) bond motifs is 1. The molecule has 27 heavy (non-hydrogen) atoms. The third kappa shape index (κ3) is 4.46. The maximum atomic E-state index is 12.2. The van der Waals surface area contributed by atoms with Crippen LogP contribution < -0.4 is 10.2 Å². The summed E-state index contributed by atoms with van der Waals surface area (Å²) in [7, 11) is 0. The van der Waals surface area contributed by atoms with Gasteiger partial charge < -0.3 is 25.0 Å². The van der Waals surface area contributed by atoms with E-state index in [0.717, 1.165) is 24.1 Å². The average molecular weight is 375 g/mol. The summed E-state index contributed by atoms with van der Waals surface area (Å²) in [6.07, 6.45) is 1.28. The highest BCUT2D eigenvalue weighted by atomic mass is 16.6. The first-order valence-corrected chi connectivity index (χ1v) is 9.53. The summed E-state index contributed by atoms with van der Waals surface area (Å²) < 4.78 is 5.43. The fraction of sp³-hybridized carbons (Fsp3) is 0.600. The molecule has 0 radical (unpaired) electrons. The third-order valence-electron chi connectivity index (χ3n) is 5.02. The Morgan fingerprint density at radius 2 is 1.89 bits per heavy atom. The summed E-state index contributed by atoms with van der Waals surface area (Å²) >= 11 is 0. The Morgan fingerprint density at radius 1 is 1.22 bits per heavy atom. The number of hydrogen-bond donors (Lipinski definition) is 2. The van der Waals surface area contributed by atoms with Gasteiger partial charge in [-0.05, 0) is 45.2 Å². The molecule has 1 saturated heterocycles. The van der Waals surface area contributed by atoms with Crippen LogP contribution in [0, 0.1) is 5.92 Å². The van der Waals surface area contributed by atoms with Crippen molar-refractivity contribution in [3.05, 3.63) is 17.7 Å². The van der Waals surface area contributed by atoms with Gasteiger partial charge >= 0.3 is 6.09 Å². The Morgan fingerprint density at radius 3 is 2.52 bits per heavy atom. The van der Waals surface area contributed by atoms with Crippen LogP contribution in [0.15, 0.2) is 12.1 Å². The van der Waals surface area contributed by atoms with Gasteiger partial charge in [0.25, 0.3) is 0 Å². The molecule has 0 aromatic heterocycles. The summed E-state index contributed by atoms with van der Waals surface area (Å²) in [6, 6.07) is 3.60. The molecule has 2 aliphatic heterocycles. The largest absolute Gasteiger partial charge is 0.506 e. The molecule has 0 aliphatic carbocycles. The molecule has 2 N–H and O–H groups in total. The van der Waals surface area contributed by atoms with E-state index in [1.54, 1.807) is 11.0 Å². The van der Waals surface area contributed by atoms with E-state index in [1.165, 1.54) is 0 Å². The highest BCUT2D eigenvalue weighted by Gasteiger charge is 2.28. The Balaban J connectivity index is 1.70. The van der Waals surface area contributed by atoms with Crippen LogP contribution in [0.25, 0.3) is 0 Å². The van der Waals surface area contributed by atoms with Crippen LogP contribution in [-0.4, -0.2) is 53.8 Å². The smallest absolute Gasteiger partial charge is 0.410 e. The van der Waals surface area contributed by atoms with Crippen molar-refractivity contribution in [3.63, 3.8) is 0 Å². The lowest BCUT2D eigenvalue weighted by Crippen LogP contribution is -2.50. The van der Waals surface area contributed by atoms with E-state index < -0.39 is 5.60 Å². The van der Waals surface area contributed by atoms with Crippen LogP contribution in [0.3, 0.4) is 0 Å². The lowest BCUT2D eigenvalue weighted by Gasteiger charge is -2.37. The van der Waals surface area contributed by atoms with Gasteiger partial charge in [-0.2, -0.15) is 0 Å². The highest BCUT2D eigenvalue weighted by molar-refractivity contribution is 5.94. The standard InChI is InChI=1S/C20H29N3O4/c1-13-5-6-14-11-16(17(24)12-15(14)21-18(13)25)22-7-9-23(10-8-22)19(26)27-20(2,3)4/h11-13,24H,5-10H2,1-4H3,(H,21,25). The predicted molar refractivity (Wildman–Crippen MR) is 104 cm³/mol. The number of nitrogens with zero attached hydrogens (tertiary/aromatic N) is 2. The lowest BCUT2D eigenvalue weighted by atomic mass is 10.0. The van der Waals surface area contributed by atoms with Gasteiger partial charge in [-0.25, -0.2) is 4.79 Å². The fourth-order valence-electron chi connectivity index (χ4n) is 3.41. The highest BCUT2D eigenvalue weighted by Crippen LogP contribution is 2.36. The number of aryl methyl sites for hydroxylation is 1. The summed E-state index contributed by atoms with van der Waals surface area (Å²) in [4.78, 5) is 28.0.